The third-order valence-corrected chi connectivity index (χ3v) is 7.02. The number of nitro benzene ring substituents is 1. The Morgan fingerprint density at radius 3 is 2.62 bits per heavy atom. The molecule has 1 amide bonds. The van der Waals surface area contributed by atoms with Gasteiger partial charge in [0.2, 0.25) is 21.7 Å². The number of halogens is 1. The summed E-state index contributed by atoms with van der Waals surface area (Å²) < 4.78 is 39.7. The Morgan fingerprint density at radius 1 is 1.28 bits per heavy atom. The van der Waals surface area contributed by atoms with Crippen molar-refractivity contribution >= 4 is 39.1 Å². The van der Waals surface area contributed by atoms with E-state index in [1.54, 1.807) is 0 Å². The summed E-state index contributed by atoms with van der Waals surface area (Å²) in [4.78, 5) is 26.1. The summed E-state index contributed by atoms with van der Waals surface area (Å²) >= 11 is 1.07. The SMILES string of the molecule is O=C(CSc1ccc(S(=O)(=O)N2CCCC2)cn1)Nc1ccc(F)c([N+](=O)[O-])c1. The first-order chi connectivity index (χ1) is 13.8. The van der Waals surface area contributed by atoms with Crippen LogP contribution in [0, 0.1) is 15.9 Å². The van der Waals surface area contributed by atoms with Crippen LogP contribution in [0.2, 0.25) is 0 Å². The molecule has 0 spiro atoms. The molecule has 12 heteroatoms. The Balaban J connectivity index is 1.58. The lowest BCUT2D eigenvalue weighted by Gasteiger charge is -2.15. The lowest BCUT2D eigenvalue weighted by atomic mass is 10.2. The Bertz CT molecular complexity index is 1020. The minimum Gasteiger partial charge on any atom is -0.325 e. The van der Waals surface area contributed by atoms with Crippen LogP contribution in [0.15, 0.2) is 46.5 Å². The van der Waals surface area contributed by atoms with E-state index in [0.717, 1.165) is 36.7 Å². The van der Waals surface area contributed by atoms with Crippen molar-refractivity contribution < 1.29 is 22.5 Å². The molecule has 154 valence electrons. The fraction of sp³-hybridized carbons (Fsp3) is 0.294. The van der Waals surface area contributed by atoms with Gasteiger partial charge in [-0.2, -0.15) is 8.70 Å². The number of rotatable bonds is 7. The van der Waals surface area contributed by atoms with Crippen LogP contribution in [-0.2, 0) is 14.8 Å². The van der Waals surface area contributed by atoms with E-state index in [0.29, 0.717) is 18.1 Å². The number of carbonyl (C=O) groups is 1. The van der Waals surface area contributed by atoms with Gasteiger partial charge in [0.05, 0.1) is 15.7 Å². The van der Waals surface area contributed by atoms with Crippen molar-refractivity contribution in [3.05, 3.63) is 52.5 Å². The van der Waals surface area contributed by atoms with Gasteiger partial charge in [0, 0.05) is 31.0 Å². The molecule has 0 saturated carbocycles. The number of nitrogens with zero attached hydrogens (tertiary/aromatic N) is 3. The first kappa shape index (κ1) is 21.1. The van der Waals surface area contributed by atoms with E-state index in [1.807, 2.05) is 0 Å². The quantitative estimate of drug-likeness (QED) is 0.399. The van der Waals surface area contributed by atoms with Crippen LogP contribution in [-0.4, -0.2) is 47.4 Å². The number of aromatic nitrogens is 1. The van der Waals surface area contributed by atoms with Crippen molar-refractivity contribution in [2.24, 2.45) is 0 Å². The van der Waals surface area contributed by atoms with Crippen LogP contribution in [0.3, 0.4) is 0 Å². The van der Waals surface area contributed by atoms with Gasteiger partial charge >= 0.3 is 5.69 Å². The van der Waals surface area contributed by atoms with E-state index in [9.17, 15) is 27.7 Å². The van der Waals surface area contributed by atoms with Crippen LogP contribution >= 0.6 is 11.8 Å². The van der Waals surface area contributed by atoms with Gasteiger partial charge in [-0.05, 0) is 37.1 Å². The molecule has 1 aromatic carbocycles. The monoisotopic (exact) mass is 440 g/mol. The van der Waals surface area contributed by atoms with E-state index < -0.39 is 32.4 Å². The predicted molar refractivity (Wildman–Crippen MR) is 105 cm³/mol. The van der Waals surface area contributed by atoms with Gasteiger partial charge in [0.25, 0.3) is 0 Å². The fourth-order valence-electron chi connectivity index (χ4n) is 2.75. The zero-order chi connectivity index (χ0) is 21.0. The van der Waals surface area contributed by atoms with Crippen LogP contribution in [0.1, 0.15) is 12.8 Å². The normalized spacial score (nSPS) is 14.7. The standard InChI is InChI=1S/C17H17FN4O5S2/c18-14-5-3-12(9-15(14)22(24)25)20-16(23)11-28-17-6-4-13(10-19-17)29(26,27)21-7-1-2-8-21/h3-6,9-10H,1-2,7-8,11H2,(H,20,23). The van der Waals surface area contributed by atoms with Gasteiger partial charge < -0.3 is 5.32 Å². The molecule has 1 saturated heterocycles. The van der Waals surface area contributed by atoms with E-state index in [1.165, 1.54) is 28.7 Å². The van der Waals surface area contributed by atoms with Crippen molar-refractivity contribution in [2.75, 3.05) is 24.2 Å². The Labute approximate surface area is 170 Å². The Hall–Kier alpha value is -2.57. The molecule has 1 aliphatic heterocycles. The van der Waals surface area contributed by atoms with Gasteiger partial charge in [-0.25, -0.2) is 13.4 Å². The summed E-state index contributed by atoms with van der Waals surface area (Å²) in [7, 11) is -3.55. The number of pyridine rings is 1. The highest BCUT2D eigenvalue weighted by molar-refractivity contribution is 7.99. The maximum Gasteiger partial charge on any atom is 0.306 e. The molecule has 2 aromatic rings. The number of thioether (sulfide) groups is 1. The van der Waals surface area contributed by atoms with Gasteiger partial charge in [0.15, 0.2) is 0 Å². The zero-order valence-corrected chi connectivity index (χ0v) is 16.7. The van der Waals surface area contributed by atoms with Crippen LogP contribution in [0.25, 0.3) is 0 Å². The number of hydrogen-bond donors (Lipinski definition) is 1. The average Bonchev–Trinajstić information content (AvgIpc) is 3.24. The van der Waals surface area contributed by atoms with Crippen molar-refractivity contribution in [3.63, 3.8) is 0 Å². The smallest absolute Gasteiger partial charge is 0.306 e. The van der Waals surface area contributed by atoms with E-state index in [2.05, 4.69) is 10.3 Å². The summed E-state index contributed by atoms with van der Waals surface area (Å²) in [6.07, 6.45) is 2.94. The highest BCUT2D eigenvalue weighted by atomic mass is 32.2. The highest BCUT2D eigenvalue weighted by Gasteiger charge is 2.27. The van der Waals surface area contributed by atoms with Gasteiger partial charge in [-0.1, -0.05) is 11.8 Å². The predicted octanol–water partition coefficient (Wildman–Crippen LogP) is 2.64. The van der Waals surface area contributed by atoms with E-state index >= 15 is 0 Å². The van der Waals surface area contributed by atoms with Crippen molar-refractivity contribution in [1.29, 1.82) is 0 Å². The number of nitro groups is 1. The molecule has 9 nitrogen and oxygen atoms in total. The molecule has 0 atom stereocenters. The molecular weight excluding hydrogens is 423 g/mol. The summed E-state index contributed by atoms with van der Waals surface area (Å²) in [6.45, 7) is 1.00. The molecule has 0 aliphatic carbocycles. The van der Waals surface area contributed by atoms with Gasteiger partial charge in [-0.3, -0.25) is 14.9 Å². The minimum atomic E-state index is -3.55. The molecule has 29 heavy (non-hydrogen) atoms. The highest BCUT2D eigenvalue weighted by Crippen LogP contribution is 2.24. The van der Waals surface area contributed by atoms with Crippen LogP contribution in [0.5, 0.6) is 0 Å². The second-order valence-electron chi connectivity index (χ2n) is 6.20. The average molecular weight is 440 g/mol. The number of anilines is 1. The summed E-state index contributed by atoms with van der Waals surface area (Å²) in [5.74, 6) is -1.52. The van der Waals surface area contributed by atoms with Crippen molar-refractivity contribution in [3.8, 4) is 0 Å². The van der Waals surface area contributed by atoms with E-state index in [-0.39, 0.29) is 16.3 Å². The second kappa shape index (κ2) is 8.84. The summed E-state index contributed by atoms with van der Waals surface area (Å²) in [5, 5.41) is 13.6. The van der Waals surface area contributed by atoms with Crippen molar-refractivity contribution in [2.45, 2.75) is 22.8 Å². The van der Waals surface area contributed by atoms with Gasteiger partial charge in [0.1, 0.15) is 4.90 Å². The largest absolute Gasteiger partial charge is 0.325 e. The molecule has 2 heterocycles. The maximum absolute atomic E-state index is 13.3. The number of carbonyl (C=O) groups excluding carboxylic acids is 1. The van der Waals surface area contributed by atoms with Crippen LogP contribution in [0.4, 0.5) is 15.8 Å². The van der Waals surface area contributed by atoms with E-state index in [4.69, 9.17) is 0 Å². The molecule has 0 bridgehead atoms. The molecule has 1 N–H and O–H groups in total. The molecule has 3 rings (SSSR count). The first-order valence-corrected chi connectivity index (χ1v) is 11.0. The molecular formula is C17H17FN4O5S2. The molecule has 0 radical (unpaired) electrons. The first-order valence-electron chi connectivity index (χ1n) is 8.60. The summed E-state index contributed by atoms with van der Waals surface area (Å²) in [6, 6.07) is 6.03. The third kappa shape index (κ3) is 5.08. The third-order valence-electron chi connectivity index (χ3n) is 4.19. The number of sulfonamides is 1. The number of nitrogens with one attached hydrogen (secondary N) is 1. The Morgan fingerprint density at radius 2 is 2.00 bits per heavy atom. The zero-order valence-electron chi connectivity index (χ0n) is 15.1. The Kier molecular flexibility index (Phi) is 6.45. The molecule has 0 unspecified atom stereocenters. The molecule has 1 aromatic heterocycles. The van der Waals surface area contributed by atoms with Gasteiger partial charge in [-0.15, -0.1) is 0 Å². The number of amides is 1. The number of hydrogen-bond acceptors (Lipinski definition) is 7. The van der Waals surface area contributed by atoms with Crippen LogP contribution < -0.4 is 5.32 Å². The summed E-state index contributed by atoms with van der Waals surface area (Å²) in [5.41, 5.74) is -0.629. The second-order valence-corrected chi connectivity index (χ2v) is 9.14. The fourth-order valence-corrected chi connectivity index (χ4v) is 4.85. The maximum atomic E-state index is 13.3. The molecule has 1 aliphatic rings. The lowest BCUT2D eigenvalue weighted by molar-refractivity contribution is -0.387. The molecule has 1 fully saturated rings. The minimum absolute atomic E-state index is 0.0591. The lowest BCUT2D eigenvalue weighted by Crippen LogP contribution is -2.27. The van der Waals surface area contributed by atoms with Crippen molar-refractivity contribution in [1.82, 2.24) is 9.29 Å². The topological polar surface area (TPSA) is 123 Å². The number of benzene rings is 1.